The van der Waals surface area contributed by atoms with Crippen molar-refractivity contribution in [2.24, 2.45) is 0 Å². The van der Waals surface area contributed by atoms with Gasteiger partial charge in [0, 0.05) is 13.1 Å². The van der Waals surface area contributed by atoms with E-state index < -0.39 is 46.1 Å². The molecule has 3 rings (SSSR count). The molecule has 14 nitrogen and oxygen atoms in total. The van der Waals surface area contributed by atoms with E-state index in [0.29, 0.717) is 24.4 Å². The molecule has 0 aromatic heterocycles. The molecule has 0 radical (unpaired) electrons. The molecule has 3 atom stereocenters. The molecule has 48 heavy (non-hydrogen) atoms. The highest BCUT2D eigenvalue weighted by Crippen LogP contribution is 2.31. The third-order valence-electron chi connectivity index (χ3n) is 9.20. The number of amides is 4. The third kappa shape index (κ3) is 13.6. The Morgan fingerprint density at radius 2 is 1.46 bits per heavy atom. The number of fused-ring (bicyclic) bond motifs is 2. The van der Waals surface area contributed by atoms with Crippen molar-refractivity contribution in [3.63, 3.8) is 0 Å². The molecular weight excluding hydrogens is 642 g/mol. The van der Waals surface area contributed by atoms with Crippen LogP contribution in [0.3, 0.4) is 0 Å². The third-order valence-corrected chi connectivity index (χ3v) is 9.55. The van der Waals surface area contributed by atoms with E-state index in [2.05, 4.69) is 37.5 Å². The van der Waals surface area contributed by atoms with Gasteiger partial charge in [0.1, 0.15) is 11.6 Å². The van der Waals surface area contributed by atoms with Crippen molar-refractivity contribution < 1.29 is 45.7 Å². The van der Waals surface area contributed by atoms with E-state index in [1.807, 2.05) is 0 Å². The maximum Gasteiger partial charge on any atom is 0.418 e. The zero-order chi connectivity index (χ0) is 36.0. The van der Waals surface area contributed by atoms with Gasteiger partial charge in [0.2, 0.25) is 0 Å². The van der Waals surface area contributed by atoms with Gasteiger partial charge in [0.05, 0.1) is 44.9 Å². The summed E-state index contributed by atoms with van der Waals surface area (Å²) in [4.78, 5) is 45.3. The highest BCUT2D eigenvalue weighted by atomic mass is 32.3. The Labute approximate surface area is 289 Å². The number of quaternary nitrogens is 1. The molecule has 0 aromatic rings. The van der Waals surface area contributed by atoms with Crippen LogP contribution in [-0.4, -0.2) is 120 Å². The highest BCUT2D eigenvalue weighted by Gasteiger charge is 2.49. The number of carbonyl (C=O) groups excluding carboxylic acids is 3. The highest BCUT2D eigenvalue weighted by molar-refractivity contribution is 7.80. The first-order valence-corrected chi connectivity index (χ1v) is 19.5. The summed E-state index contributed by atoms with van der Waals surface area (Å²) in [7, 11) is -4.85. The number of hydroxylamine groups is 3. The molecule has 3 heterocycles. The number of ether oxygens (including phenoxy) is 1. The second kappa shape index (κ2) is 19.9. The maximum atomic E-state index is 12.5. The molecule has 0 saturated carbocycles. The van der Waals surface area contributed by atoms with Crippen molar-refractivity contribution >= 4 is 28.4 Å². The molecule has 2 N–H and O–H groups in total. The van der Waals surface area contributed by atoms with E-state index in [0.717, 1.165) is 6.42 Å². The first-order valence-electron chi connectivity index (χ1n) is 18.1. The van der Waals surface area contributed by atoms with Gasteiger partial charge in [-0.3, -0.25) is 14.2 Å². The maximum absolute atomic E-state index is 12.5. The van der Waals surface area contributed by atoms with Gasteiger partial charge in [-0.1, -0.05) is 53.4 Å². The molecule has 4 amide bonds. The number of urea groups is 1. The minimum atomic E-state index is -4.85. The monoisotopic (exact) mass is 706 g/mol. The quantitative estimate of drug-likeness (QED) is 0.108. The Balaban J connectivity index is 0.000000401. The first-order chi connectivity index (χ1) is 22.6. The summed E-state index contributed by atoms with van der Waals surface area (Å²) < 4.78 is 41.8. The van der Waals surface area contributed by atoms with Crippen LogP contribution in [0.5, 0.6) is 0 Å². The van der Waals surface area contributed by atoms with E-state index in [9.17, 15) is 22.8 Å². The molecule has 3 fully saturated rings. The number of nitrogens with zero attached hydrogens (tertiary/aromatic N) is 4. The van der Waals surface area contributed by atoms with Gasteiger partial charge in [-0.15, -0.1) is 4.28 Å². The van der Waals surface area contributed by atoms with Gasteiger partial charge >= 0.3 is 22.5 Å². The summed E-state index contributed by atoms with van der Waals surface area (Å²) in [5.41, 5.74) is 1.70. The minimum absolute atomic E-state index is 0.0618. The van der Waals surface area contributed by atoms with Gasteiger partial charge in [-0.2, -0.15) is 13.5 Å². The number of carbonyl (C=O) groups is 3. The second-order valence-electron chi connectivity index (χ2n) is 14.4. The standard InChI is InChI=1S/C17H28N4O9S.C16H36N/c1-17(2,3)29-16(24)19-8-4-5-12(19)10-28-18-14(22)13-7-6-11-9-20(13)15(23)21(11)30-31(25,26)27;1-5-9-13-17(14-10-6-2,15-11-7-3)16-12-8-4/h11-13H,4-10H2,1-3H3,(H,18,22)(H,25,26,27);5-16H2,1-4H3/q;+1/t11-,12-,13+;/m1./s1. The van der Waals surface area contributed by atoms with Crippen LogP contribution in [0.15, 0.2) is 0 Å². The van der Waals surface area contributed by atoms with Gasteiger partial charge in [-0.05, 0) is 72.1 Å². The van der Waals surface area contributed by atoms with Crippen LogP contribution in [0.4, 0.5) is 9.59 Å². The lowest BCUT2D eigenvalue weighted by atomic mass is 10.0. The van der Waals surface area contributed by atoms with Crippen LogP contribution in [0.25, 0.3) is 0 Å². The Kier molecular flexibility index (Phi) is 17.4. The molecule has 0 aliphatic carbocycles. The fourth-order valence-corrected chi connectivity index (χ4v) is 6.98. The van der Waals surface area contributed by atoms with Crippen molar-refractivity contribution in [2.45, 2.75) is 149 Å². The lowest BCUT2D eigenvalue weighted by Crippen LogP contribution is -2.50. The molecule has 0 aromatic carbocycles. The van der Waals surface area contributed by atoms with Crippen molar-refractivity contribution in [3.05, 3.63) is 0 Å². The number of hydrogen-bond acceptors (Lipinski definition) is 8. The Hall–Kier alpha value is -2.20. The SMILES string of the molecule is CC(C)(C)OC(=O)N1CCC[C@@H]1CONC(=O)[C@@H]1CC[C@@H]2CN1C(=O)N2OS(=O)(=O)O.CCCC[N+](CCCC)(CCCC)CCCC. The lowest BCUT2D eigenvalue weighted by molar-refractivity contribution is -0.929. The number of nitrogens with one attached hydrogen (secondary N) is 1. The van der Waals surface area contributed by atoms with Crippen molar-refractivity contribution in [1.82, 2.24) is 20.3 Å². The molecule has 2 bridgehead atoms. The molecule has 15 heteroatoms. The molecular formula is C33H64N5O9S+. The van der Waals surface area contributed by atoms with Gasteiger partial charge in [-0.25, -0.2) is 15.1 Å². The summed E-state index contributed by atoms with van der Waals surface area (Å²) in [6.07, 6.45) is 12.7. The summed E-state index contributed by atoms with van der Waals surface area (Å²) in [5.74, 6) is -0.567. The molecule has 280 valence electrons. The Morgan fingerprint density at radius 3 is 1.94 bits per heavy atom. The largest absolute Gasteiger partial charge is 0.444 e. The van der Waals surface area contributed by atoms with E-state index in [4.69, 9.17) is 14.1 Å². The summed E-state index contributed by atoms with van der Waals surface area (Å²) >= 11 is 0. The normalized spacial score (nSPS) is 21.3. The average molecular weight is 707 g/mol. The van der Waals surface area contributed by atoms with E-state index >= 15 is 0 Å². The summed E-state index contributed by atoms with van der Waals surface area (Å²) in [6, 6.07) is -2.53. The van der Waals surface area contributed by atoms with Crippen LogP contribution >= 0.6 is 0 Å². The smallest absolute Gasteiger partial charge is 0.418 e. The molecule has 3 saturated heterocycles. The molecule has 3 aliphatic rings. The molecule has 0 spiro atoms. The van der Waals surface area contributed by atoms with Crippen molar-refractivity contribution in [2.75, 3.05) is 45.9 Å². The van der Waals surface area contributed by atoms with Crippen LogP contribution < -0.4 is 5.48 Å². The van der Waals surface area contributed by atoms with Crippen molar-refractivity contribution in [3.8, 4) is 0 Å². The number of rotatable bonds is 18. The Bertz CT molecular complexity index is 1080. The minimum Gasteiger partial charge on any atom is -0.444 e. The van der Waals surface area contributed by atoms with Gasteiger partial charge in [0.25, 0.3) is 5.91 Å². The molecule has 0 unspecified atom stereocenters. The van der Waals surface area contributed by atoms with E-state index in [1.165, 1.54) is 86.9 Å². The first kappa shape index (κ1) is 42.0. The average Bonchev–Trinajstić information content (AvgIpc) is 3.58. The number of piperidine rings is 1. The lowest BCUT2D eigenvalue weighted by Gasteiger charge is -2.39. The van der Waals surface area contributed by atoms with Crippen LogP contribution in [0, 0.1) is 0 Å². The Morgan fingerprint density at radius 1 is 0.917 bits per heavy atom. The zero-order valence-corrected chi connectivity index (χ0v) is 31.4. The second-order valence-corrected chi connectivity index (χ2v) is 15.4. The fraction of sp³-hybridized carbons (Fsp3) is 0.909. The number of hydrogen-bond donors (Lipinski definition) is 2. The van der Waals surface area contributed by atoms with Crippen LogP contribution in [0.1, 0.15) is 126 Å². The topological polar surface area (TPSA) is 155 Å². The zero-order valence-electron chi connectivity index (χ0n) is 30.6. The van der Waals surface area contributed by atoms with Crippen LogP contribution in [0.2, 0.25) is 0 Å². The summed E-state index contributed by atoms with van der Waals surface area (Å²) in [6.45, 7) is 21.0. The predicted octanol–water partition coefficient (Wildman–Crippen LogP) is 5.44. The van der Waals surface area contributed by atoms with E-state index in [-0.39, 0.29) is 25.6 Å². The predicted molar refractivity (Wildman–Crippen MR) is 183 cm³/mol. The number of unbranched alkanes of at least 4 members (excludes halogenated alkanes) is 4. The number of likely N-dealkylation sites (tertiary alicyclic amines) is 1. The fourth-order valence-electron chi connectivity index (χ4n) is 6.60. The van der Waals surface area contributed by atoms with Crippen LogP contribution in [-0.2, 0) is 29.1 Å². The van der Waals surface area contributed by atoms with Gasteiger partial charge in [0.15, 0.2) is 0 Å². The van der Waals surface area contributed by atoms with E-state index in [1.54, 1.807) is 25.7 Å². The van der Waals surface area contributed by atoms with Crippen molar-refractivity contribution in [1.29, 1.82) is 0 Å². The summed E-state index contributed by atoms with van der Waals surface area (Å²) in [5, 5.41) is 0.570. The molecule has 3 aliphatic heterocycles. The van der Waals surface area contributed by atoms with Gasteiger partial charge < -0.3 is 19.0 Å².